The predicted octanol–water partition coefficient (Wildman–Crippen LogP) is 3.13. The Hall–Kier alpha value is 0.650. The normalized spacial score (nSPS) is 11.5. The van der Waals surface area contributed by atoms with Gasteiger partial charge in [-0.05, 0) is 5.56 Å². The van der Waals surface area contributed by atoms with E-state index in [4.69, 9.17) is 0 Å². The Balaban J connectivity index is 2.93. The summed E-state index contributed by atoms with van der Waals surface area (Å²) in [5.41, 5.74) is 1.15. The first kappa shape index (κ1) is 9.74. The number of hydrogen-bond donors (Lipinski definition) is 2. The molecule has 1 aromatic carbocycles. The number of thiol groups is 2. The predicted molar refractivity (Wildman–Crippen MR) is 65.0 cm³/mol. The Morgan fingerprint density at radius 3 is 2.18 bits per heavy atom. The number of alkyl halides is 1. The van der Waals surface area contributed by atoms with Gasteiger partial charge >= 0.3 is 0 Å². The number of benzene rings is 1. The first-order valence-electron chi connectivity index (χ1n) is 3.23. The zero-order valence-electron chi connectivity index (χ0n) is 5.87. The monoisotopic (exact) mass is 296 g/mol. The second-order valence-corrected chi connectivity index (χ2v) is 4.96. The summed E-state index contributed by atoms with van der Waals surface area (Å²) in [7, 11) is 0. The molecule has 0 N–H and O–H groups in total. The van der Waals surface area contributed by atoms with E-state index in [1.54, 1.807) is 0 Å². The molecule has 0 spiro atoms. The Bertz CT molecular complexity index is 221. The van der Waals surface area contributed by atoms with Crippen LogP contribution in [-0.4, -0.2) is 4.43 Å². The van der Waals surface area contributed by atoms with E-state index >= 15 is 0 Å². The molecule has 0 unspecified atom stereocenters. The minimum absolute atomic E-state index is 0.290. The van der Waals surface area contributed by atoms with Crippen molar-refractivity contribution in [3.63, 3.8) is 0 Å². The van der Waals surface area contributed by atoms with Crippen molar-refractivity contribution in [2.75, 3.05) is 4.43 Å². The molecule has 1 aromatic rings. The van der Waals surface area contributed by atoms with Crippen LogP contribution in [0.4, 0.5) is 0 Å². The lowest BCUT2D eigenvalue weighted by molar-refractivity contribution is 1.07. The Labute approximate surface area is 91.7 Å². The third-order valence-corrected chi connectivity index (χ3v) is 4.61. The molecule has 0 aromatic heterocycles. The van der Waals surface area contributed by atoms with Crippen LogP contribution >= 0.6 is 47.8 Å². The lowest BCUT2D eigenvalue weighted by atomic mass is 10.2. The van der Waals surface area contributed by atoms with Crippen LogP contribution in [0, 0.1) is 0 Å². The summed E-state index contributed by atoms with van der Waals surface area (Å²) >= 11 is 11.1. The second kappa shape index (κ2) is 4.05. The van der Waals surface area contributed by atoms with Gasteiger partial charge in [-0.2, -0.15) is 25.3 Å². The molecule has 11 heavy (non-hydrogen) atoms. The van der Waals surface area contributed by atoms with E-state index in [1.807, 2.05) is 30.3 Å². The average molecular weight is 296 g/mol. The maximum absolute atomic E-state index is 4.43. The lowest BCUT2D eigenvalue weighted by Crippen LogP contribution is -2.11. The van der Waals surface area contributed by atoms with Crippen LogP contribution in [0.2, 0.25) is 0 Å². The zero-order valence-corrected chi connectivity index (χ0v) is 9.81. The lowest BCUT2D eigenvalue weighted by Gasteiger charge is -2.19. The molecule has 0 amide bonds. The van der Waals surface area contributed by atoms with E-state index < -0.39 is 0 Å². The van der Waals surface area contributed by atoms with Gasteiger partial charge in [0.25, 0.3) is 0 Å². The summed E-state index contributed by atoms with van der Waals surface area (Å²) in [5, 5.41) is 0. The van der Waals surface area contributed by atoms with Crippen molar-refractivity contribution >= 4 is 47.8 Å². The molecular formula is C8H9IS2. The smallest absolute Gasteiger partial charge is 0.0892 e. The van der Waals surface area contributed by atoms with Crippen molar-refractivity contribution in [2.45, 2.75) is 4.08 Å². The fourth-order valence-corrected chi connectivity index (χ4v) is 1.52. The van der Waals surface area contributed by atoms with E-state index in [2.05, 4.69) is 47.8 Å². The minimum Gasteiger partial charge on any atom is -0.156 e. The summed E-state index contributed by atoms with van der Waals surface area (Å²) < 4.78 is 0.600. The number of rotatable bonds is 2. The quantitative estimate of drug-likeness (QED) is 0.356. The van der Waals surface area contributed by atoms with Gasteiger partial charge < -0.3 is 0 Å². The number of halogens is 1. The standard InChI is InChI=1S/C8H9IS2/c9-6-8(10,11)7-4-2-1-3-5-7/h1-5,10-11H,6H2. The molecule has 60 valence electrons. The van der Waals surface area contributed by atoms with Gasteiger partial charge in [-0.25, -0.2) is 0 Å². The molecule has 0 aliphatic rings. The van der Waals surface area contributed by atoms with Crippen LogP contribution in [-0.2, 0) is 4.08 Å². The highest BCUT2D eigenvalue weighted by molar-refractivity contribution is 14.1. The van der Waals surface area contributed by atoms with Crippen LogP contribution in [0.15, 0.2) is 30.3 Å². The van der Waals surface area contributed by atoms with Crippen LogP contribution in [0.3, 0.4) is 0 Å². The van der Waals surface area contributed by atoms with E-state index in [-0.39, 0.29) is 4.08 Å². The van der Waals surface area contributed by atoms with Crippen molar-refractivity contribution < 1.29 is 0 Å². The van der Waals surface area contributed by atoms with Crippen molar-refractivity contribution in [2.24, 2.45) is 0 Å². The maximum Gasteiger partial charge on any atom is 0.0892 e. The Kier molecular flexibility index (Phi) is 3.58. The molecule has 0 radical (unpaired) electrons. The first-order chi connectivity index (χ1) is 5.17. The SMILES string of the molecule is SC(S)(CI)c1ccccc1. The molecule has 0 aliphatic carbocycles. The Morgan fingerprint density at radius 2 is 1.73 bits per heavy atom. The summed E-state index contributed by atoms with van der Waals surface area (Å²) in [6.45, 7) is 0. The van der Waals surface area contributed by atoms with E-state index in [0.29, 0.717) is 0 Å². The summed E-state index contributed by atoms with van der Waals surface area (Å²) in [4.78, 5) is 0. The van der Waals surface area contributed by atoms with E-state index in [1.165, 1.54) is 0 Å². The third-order valence-electron chi connectivity index (χ3n) is 1.42. The minimum atomic E-state index is -0.290. The van der Waals surface area contributed by atoms with Gasteiger partial charge in [-0.1, -0.05) is 52.9 Å². The van der Waals surface area contributed by atoms with Crippen molar-refractivity contribution in [1.29, 1.82) is 0 Å². The molecule has 0 fully saturated rings. The van der Waals surface area contributed by atoms with Gasteiger partial charge in [0, 0.05) is 4.43 Å². The van der Waals surface area contributed by atoms with Gasteiger partial charge in [-0.3, -0.25) is 0 Å². The Morgan fingerprint density at radius 1 is 1.18 bits per heavy atom. The second-order valence-electron chi connectivity index (χ2n) is 2.32. The largest absolute Gasteiger partial charge is 0.156 e. The molecule has 1 rings (SSSR count). The fraction of sp³-hybridized carbons (Fsp3) is 0.250. The van der Waals surface area contributed by atoms with Crippen LogP contribution < -0.4 is 0 Å². The van der Waals surface area contributed by atoms with Crippen molar-refractivity contribution in [1.82, 2.24) is 0 Å². The topological polar surface area (TPSA) is 0 Å². The molecule has 0 saturated carbocycles. The van der Waals surface area contributed by atoms with Crippen molar-refractivity contribution in [3.05, 3.63) is 35.9 Å². The van der Waals surface area contributed by atoms with Gasteiger partial charge in [0.1, 0.15) is 0 Å². The summed E-state index contributed by atoms with van der Waals surface area (Å²) in [5.74, 6) is 0. The fourth-order valence-electron chi connectivity index (χ4n) is 0.782. The summed E-state index contributed by atoms with van der Waals surface area (Å²) in [6, 6.07) is 10.1. The molecule has 0 aliphatic heterocycles. The average Bonchev–Trinajstić information content (AvgIpc) is 2.06. The van der Waals surface area contributed by atoms with Gasteiger partial charge in [0.05, 0.1) is 4.08 Å². The van der Waals surface area contributed by atoms with Gasteiger partial charge in [0.2, 0.25) is 0 Å². The van der Waals surface area contributed by atoms with E-state index in [9.17, 15) is 0 Å². The molecule has 0 bridgehead atoms. The molecular weight excluding hydrogens is 287 g/mol. The highest BCUT2D eigenvalue weighted by atomic mass is 127. The molecule has 0 heterocycles. The molecule has 3 heteroatoms. The highest BCUT2D eigenvalue weighted by Crippen LogP contribution is 2.34. The third kappa shape index (κ3) is 2.56. The van der Waals surface area contributed by atoms with Crippen LogP contribution in [0.1, 0.15) is 5.56 Å². The maximum atomic E-state index is 4.43. The first-order valence-corrected chi connectivity index (χ1v) is 5.65. The molecule has 0 atom stereocenters. The zero-order chi connectivity index (χ0) is 8.32. The van der Waals surface area contributed by atoms with Gasteiger partial charge in [-0.15, -0.1) is 0 Å². The van der Waals surface area contributed by atoms with Crippen molar-refractivity contribution in [3.8, 4) is 0 Å². The molecule has 0 saturated heterocycles. The van der Waals surface area contributed by atoms with E-state index in [0.717, 1.165) is 9.99 Å². The van der Waals surface area contributed by atoms with Gasteiger partial charge in [0.15, 0.2) is 0 Å². The molecule has 0 nitrogen and oxygen atoms in total. The van der Waals surface area contributed by atoms with Crippen LogP contribution in [0.25, 0.3) is 0 Å². The number of hydrogen-bond acceptors (Lipinski definition) is 2. The summed E-state index contributed by atoms with van der Waals surface area (Å²) in [6.07, 6.45) is 0. The highest BCUT2D eigenvalue weighted by Gasteiger charge is 2.20. The van der Waals surface area contributed by atoms with Crippen LogP contribution in [0.5, 0.6) is 0 Å².